The third kappa shape index (κ3) is 3.32. The number of hydrogen-bond donors (Lipinski definition) is 2. The van der Waals surface area contributed by atoms with Gasteiger partial charge in [-0.15, -0.1) is 0 Å². The quantitative estimate of drug-likeness (QED) is 0.913. The van der Waals surface area contributed by atoms with E-state index in [1.165, 1.54) is 16.7 Å². The van der Waals surface area contributed by atoms with Crippen molar-refractivity contribution >= 4 is 17.5 Å². The van der Waals surface area contributed by atoms with Crippen LogP contribution in [0, 0.1) is 0 Å². The van der Waals surface area contributed by atoms with Gasteiger partial charge in [-0.1, -0.05) is 29.8 Å². The van der Waals surface area contributed by atoms with Gasteiger partial charge in [0.05, 0.1) is 0 Å². The Morgan fingerprint density at radius 1 is 1.23 bits per heavy atom. The monoisotopic (exact) mass is 314 g/mol. The van der Waals surface area contributed by atoms with Crippen LogP contribution in [0.2, 0.25) is 5.02 Å². The molecule has 0 bridgehead atoms. The van der Waals surface area contributed by atoms with Gasteiger partial charge in [0.15, 0.2) is 0 Å². The third-order valence-corrected chi connectivity index (χ3v) is 4.42. The molecule has 1 amide bonds. The molecule has 1 atom stereocenters. The van der Waals surface area contributed by atoms with Crippen LogP contribution in [0.3, 0.4) is 0 Å². The van der Waals surface area contributed by atoms with Gasteiger partial charge in [0.1, 0.15) is 0 Å². The highest BCUT2D eigenvalue weighted by Gasteiger charge is 2.19. The molecule has 0 saturated heterocycles. The first-order valence-electron chi connectivity index (χ1n) is 7.54. The smallest absolute Gasteiger partial charge is 0.248 e. The molecule has 2 aromatic rings. The van der Waals surface area contributed by atoms with Crippen molar-refractivity contribution in [1.29, 1.82) is 0 Å². The zero-order valence-electron chi connectivity index (χ0n) is 12.3. The normalized spacial score (nSPS) is 17.6. The molecule has 0 aromatic heterocycles. The first-order valence-corrected chi connectivity index (χ1v) is 7.92. The number of nitrogens with one attached hydrogen (secondary N) is 1. The fraction of sp³-hybridized carbons (Fsp3) is 0.278. The summed E-state index contributed by atoms with van der Waals surface area (Å²) < 4.78 is 0. The van der Waals surface area contributed by atoms with Gasteiger partial charge >= 0.3 is 0 Å². The van der Waals surface area contributed by atoms with Gasteiger partial charge in [0, 0.05) is 16.6 Å². The summed E-state index contributed by atoms with van der Waals surface area (Å²) in [6.45, 7) is 0.971. The summed E-state index contributed by atoms with van der Waals surface area (Å²) in [5.74, 6) is -0.378. The number of fused-ring (bicyclic) bond motifs is 1. The predicted molar refractivity (Wildman–Crippen MR) is 89.2 cm³/mol. The maximum absolute atomic E-state index is 11.5. The molecule has 1 unspecified atom stereocenters. The molecular weight excluding hydrogens is 296 g/mol. The molecule has 0 saturated carbocycles. The maximum atomic E-state index is 11.5. The number of primary amides is 1. The van der Waals surface area contributed by atoms with E-state index >= 15 is 0 Å². The van der Waals surface area contributed by atoms with Crippen LogP contribution < -0.4 is 11.1 Å². The molecule has 3 nitrogen and oxygen atoms in total. The van der Waals surface area contributed by atoms with Crippen LogP contribution in [0.25, 0.3) is 0 Å². The van der Waals surface area contributed by atoms with Crippen molar-refractivity contribution in [3.63, 3.8) is 0 Å². The van der Waals surface area contributed by atoms with Crippen molar-refractivity contribution in [2.75, 3.05) is 6.54 Å². The Kier molecular flexibility index (Phi) is 4.46. The molecule has 0 radical (unpaired) electrons. The van der Waals surface area contributed by atoms with Crippen LogP contribution in [0.4, 0.5) is 0 Å². The Bertz CT molecular complexity index is 682. The molecular formula is C18H19ClN2O. The molecule has 22 heavy (non-hydrogen) atoms. The summed E-state index contributed by atoms with van der Waals surface area (Å²) in [7, 11) is 0. The van der Waals surface area contributed by atoms with E-state index in [-0.39, 0.29) is 11.9 Å². The molecule has 4 heteroatoms. The number of amides is 1. The number of aryl methyl sites for hydroxylation is 1. The van der Waals surface area contributed by atoms with Gasteiger partial charge in [-0.3, -0.25) is 4.79 Å². The average Bonchev–Trinajstić information content (AvgIpc) is 2.71. The van der Waals surface area contributed by atoms with Gasteiger partial charge in [-0.05, 0) is 66.8 Å². The highest BCUT2D eigenvalue weighted by Crippen LogP contribution is 2.27. The highest BCUT2D eigenvalue weighted by molar-refractivity contribution is 6.30. The fourth-order valence-electron chi connectivity index (χ4n) is 3.00. The van der Waals surface area contributed by atoms with Crippen molar-refractivity contribution in [3.05, 3.63) is 69.7 Å². The van der Waals surface area contributed by atoms with Crippen LogP contribution in [-0.4, -0.2) is 12.5 Å². The molecule has 1 aliphatic heterocycles. The first kappa shape index (κ1) is 15.1. The number of rotatable bonds is 3. The highest BCUT2D eigenvalue weighted by atomic mass is 35.5. The number of nitrogens with two attached hydrogens (primary N) is 1. The zero-order chi connectivity index (χ0) is 15.5. The summed E-state index contributed by atoms with van der Waals surface area (Å²) in [4.78, 5) is 11.5. The van der Waals surface area contributed by atoms with E-state index in [4.69, 9.17) is 17.3 Å². The summed E-state index contributed by atoms with van der Waals surface area (Å²) in [5, 5.41) is 4.33. The molecule has 0 fully saturated rings. The SMILES string of the molecule is NC(=O)c1ccc2c(c1)C(Cc1ccc(Cl)cc1)NCCC2. The zero-order valence-corrected chi connectivity index (χ0v) is 13.1. The Morgan fingerprint density at radius 3 is 2.73 bits per heavy atom. The van der Waals surface area contributed by atoms with Crippen molar-refractivity contribution < 1.29 is 4.79 Å². The van der Waals surface area contributed by atoms with Gasteiger partial charge < -0.3 is 11.1 Å². The Labute approximate surface area is 135 Å². The minimum atomic E-state index is -0.378. The summed E-state index contributed by atoms with van der Waals surface area (Å²) in [6, 6.07) is 13.9. The molecule has 114 valence electrons. The molecule has 3 rings (SSSR count). The lowest BCUT2D eigenvalue weighted by Gasteiger charge is -2.20. The van der Waals surface area contributed by atoms with E-state index in [1.54, 1.807) is 0 Å². The van der Waals surface area contributed by atoms with Crippen LogP contribution in [-0.2, 0) is 12.8 Å². The van der Waals surface area contributed by atoms with Crippen LogP contribution in [0.1, 0.15) is 39.5 Å². The summed E-state index contributed by atoms with van der Waals surface area (Å²) >= 11 is 5.95. The lowest BCUT2D eigenvalue weighted by molar-refractivity contribution is 0.1000. The second-order valence-corrected chi connectivity index (χ2v) is 6.16. The molecule has 2 aromatic carbocycles. The molecule has 0 spiro atoms. The number of hydrogen-bond acceptors (Lipinski definition) is 2. The standard InChI is InChI=1S/C18H19ClN2O/c19-15-7-3-12(4-8-15)10-17-16-11-14(18(20)22)6-5-13(16)2-1-9-21-17/h3-8,11,17,21H,1-2,9-10H2,(H2,20,22). The molecule has 0 aliphatic carbocycles. The van der Waals surface area contributed by atoms with E-state index in [0.717, 1.165) is 30.8 Å². The summed E-state index contributed by atoms with van der Waals surface area (Å²) in [6.07, 6.45) is 2.99. The third-order valence-electron chi connectivity index (χ3n) is 4.17. The topological polar surface area (TPSA) is 55.1 Å². The molecule has 1 aliphatic rings. The van der Waals surface area contributed by atoms with Crippen molar-refractivity contribution in [2.45, 2.75) is 25.3 Å². The van der Waals surface area contributed by atoms with Gasteiger partial charge in [-0.2, -0.15) is 0 Å². The van der Waals surface area contributed by atoms with E-state index in [2.05, 4.69) is 5.32 Å². The first-order chi connectivity index (χ1) is 10.6. The van der Waals surface area contributed by atoms with Gasteiger partial charge in [-0.25, -0.2) is 0 Å². The second-order valence-electron chi connectivity index (χ2n) is 5.72. The van der Waals surface area contributed by atoms with Gasteiger partial charge in [0.25, 0.3) is 0 Å². The molecule has 3 N–H and O–H groups in total. The summed E-state index contributed by atoms with van der Waals surface area (Å²) in [5.41, 5.74) is 9.70. The number of halogens is 1. The number of carbonyl (C=O) groups is 1. The lowest BCUT2D eigenvalue weighted by atomic mass is 9.92. The van der Waals surface area contributed by atoms with Crippen molar-refractivity contribution in [1.82, 2.24) is 5.32 Å². The maximum Gasteiger partial charge on any atom is 0.248 e. The minimum Gasteiger partial charge on any atom is -0.366 e. The van der Waals surface area contributed by atoms with E-state index in [9.17, 15) is 4.79 Å². The second kappa shape index (κ2) is 6.51. The Hall–Kier alpha value is -1.84. The Balaban J connectivity index is 1.93. The van der Waals surface area contributed by atoms with E-state index < -0.39 is 0 Å². The van der Waals surface area contributed by atoms with Crippen LogP contribution in [0.15, 0.2) is 42.5 Å². The fourth-order valence-corrected chi connectivity index (χ4v) is 3.13. The average molecular weight is 315 g/mol. The van der Waals surface area contributed by atoms with Gasteiger partial charge in [0.2, 0.25) is 5.91 Å². The molecule has 1 heterocycles. The predicted octanol–water partition coefficient (Wildman–Crippen LogP) is 3.26. The minimum absolute atomic E-state index is 0.193. The number of benzene rings is 2. The van der Waals surface area contributed by atoms with Crippen LogP contribution >= 0.6 is 11.6 Å². The number of carbonyl (C=O) groups excluding carboxylic acids is 1. The Morgan fingerprint density at radius 2 is 2.00 bits per heavy atom. The largest absolute Gasteiger partial charge is 0.366 e. The van der Waals surface area contributed by atoms with Crippen molar-refractivity contribution in [3.8, 4) is 0 Å². The van der Waals surface area contributed by atoms with E-state index in [0.29, 0.717) is 5.56 Å². The van der Waals surface area contributed by atoms with Crippen LogP contribution in [0.5, 0.6) is 0 Å². The van der Waals surface area contributed by atoms with E-state index in [1.807, 2.05) is 42.5 Å². The van der Waals surface area contributed by atoms with Crippen molar-refractivity contribution in [2.24, 2.45) is 5.73 Å². The lowest BCUT2D eigenvalue weighted by Crippen LogP contribution is -2.23.